The summed E-state index contributed by atoms with van der Waals surface area (Å²) in [5, 5.41) is 6.00. The summed E-state index contributed by atoms with van der Waals surface area (Å²) < 4.78 is 0. The lowest BCUT2D eigenvalue weighted by Crippen LogP contribution is -2.50. The van der Waals surface area contributed by atoms with E-state index in [-0.39, 0.29) is 11.6 Å². The van der Waals surface area contributed by atoms with Gasteiger partial charge in [0.25, 0.3) is 0 Å². The van der Waals surface area contributed by atoms with Gasteiger partial charge >= 0.3 is 6.03 Å². The minimum Gasteiger partial charge on any atom is -0.335 e. The van der Waals surface area contributed by atoms with Crippen molar-refractivity contribution in [2.24, 2.45) is 5.92 Å². The molecule has 0 aromatic heterocycles. The third kappa shape index (κ3) is 4.86. The maximum atomic E-state index is 11.7. The highest BCUT2D eigenvalue weighted by atomic mass is 16.2. The Morgan fingerprint density at radius 2 is 1.75 bits per heavy atom. The Hall–Kier alpha value is -0.730. The molecule has 0 aliphatic heterocycles. The van der Waals surface area contributed by atoms with Gasteiger partial charge in [0, 0.05) is 11.6 Å². The molecule has 0 bridgehead atoms. The first-order chi connectivity index (χ1) is 7.38. The van der Waals surface area contributed by atoms with Crippen molar-refractivity contribution in [2.75, 3.05) is 0 Å². The summed E-state index contributed by atoms with van der Waals surface area (Å²) in [7, 11) is 0. The number of hydrogen-bond donors (Lipinski definition) is 2. The van der Waals surface area contributed by atoms with E-state index in [0.29, 0.717) is 12.0 Å². The van der Waals surface area contributed by atoms with Crippen LogP contribution >= 0.6 is 0 Å². The van der Waals surface area contributed by atoms with Crippen LogP contribution in [-0.4, -0.2) is 17.6 Å². The monoisotopic (exact) mass is 226 g/mol. The van der Waals surface area contributed by atoms with Crippen LogP contribution in [0.15, 0.2) is 0 Å². The van der Waals surface area contributed by atoms with Crippen molar-refractivity contribution in [1.82, 2.24) is 10.6 Å². The Bertz CT molecular complexity index is 227. The van der Waals surface area contributed by atoms with Gasteiger partial charge in [0.15, 0.2) is 0 Å². The van der Waals surface area contributed by atoms with E-state index in [9.17, 15) is 4.79 Å². The quantitative estimate of drug-likeness (QED) is 0.746. The first-order valence-electron chi connectivity index (χ1n) is 6.47. The Labute approximate surface area is 99.4 Å². The highest BCUT2D eigenvalue weighted by Gasteiger charge is 2.22. The van der Waals surface area contributed by atoms with Gasteiger partial charge in [-0.05, 0) is 46.5 Å². The van der Waals surface area contributed by atoms with Crippen molar-refractivity contribution in [1.29, 1.82) is 0 Å². The zero-order chi connectivity index (χ0) is 12.2. The molecule has 0 heterocycles. The number of carbonyl (C=O) groups excluding carboxylic acids is 1. The van der Waals surface area contributed by atoms with Crippen LogP contribution in [0.25, 0.3) is 0 Å². The molecular weight excluding hydrogens is 200 g/mol. The minimum atomic E-state index is -0.156. The van der Waals surface area contributed by atoms with Crippen molar-refractivity contribution in [3.05, 3.63) is 0 Å². The number of hydrogen-bond acceptors (Lipinski definition) is 1. The largest absolute Gasteiger partial charge is 0.335 e. The summed E-state index contributed by atoms with van der Waals surface area (Å²) in [6.07, 6.45) is 6.51. The van der Waals surface area contributed by atoms with Crippen LogP contribution in [0.5, 0.6) is 0 Å². The summed E-state index contributed by atoms with van der Waals surface area (Å²) >= 11 is 0. The van der Waals surface area contributed by atoms with Crippen molar-refractivity contribution in [3.63, 3.8) is 0 Å². The average Bonchev–Trinajstić information content (AvgIpc) is 2.16. The second-order valence-electron chi connectivity index (χ2n) is 6.04. The molecule has 0 radical (unpaired) electrons. The van der Waals surface area contributed by atoms with Gasteiger partial charge in [-0.2, -0.15) is 0 Å². The molecule has 1 aliphatic carbocycles. The Balaban J connectivity index is 2.32. The van der Waals surface area contributed by atoms with Gasteiger partial charge in [-0.15, -0.1) is 0 Å². The SMILES string of the molecule is CC(NC(=O)NC(C)(C)C)C1CCCCC1. The first-order valence-corrected chi connectivity index (χ1v) is 6.47. The summed E-state index contributed by atoms with van der Waals surface area (Å²) in [4.78, 5) is 11.7. The summed E-state index contributed by atoms with van der Waals surface area (Å²) in [6.45, 7) is 8.12. The van der Waals surface area contributed by atoms with Gasteiger partial charge in [-0.1, -0.05) is 19.3 Å². The number of amides is 2. The lowest BCUT2D eigenvalue weighted by molar-refractivity contribution is 0.217. The first kappa shape index (κ1) is 13.3. The Morgan fingerprint density at radius 3 is 2.25 bits per heavy atom. The van der Waals surface area contributed by atoms with Crippen molar-refractivity contribution >= 4 is 6.03 Å². The molecule has 1 fully saturated rings. The van der Waals surface area contributed by atoms with E-state index in [1.807, 2.05) is 20.8 Å². The van der Waals surface area contributed by atoms with Gasteiger partial charge in [0.2, 0.25) is 0 Å². The predicted molar refractivity (Wildman–Crippen MR) is 67.5 cm³/mol. The smallest absolute Gasteiger partial charge is 0.315 e. The maximum absolute atomic E-state index is 11.7. The molecule has 2 amide bonds. The van der Waals surface area contributed by atoms with Crippen molar-refractivity contribution in [2.45, 2.75) is 71.4 Å². The van der Waals surface area contributed by atoms with Crippen LogP contribution in [0.2, 0.25) is 0 Å². The average molecular weight is 226 g/mol. The molecule has 1 saturated carbocycles. The Kier molecular flexibility index (Phi) is 4.63. The minimum absolute atomic E-state index is 0.0365. The number of carbonyl (C=O) groups is 1. The fourth-order valence-corrected chi connectivity index (χ4v) is 2.34. The van der Waals surface area contributed by atoms with Gasteiger partial charge in [-0.3, -0.25) is 0 Å². The highest BCUT2D eigenvalue weighted by molar-refractivity contribution is 5.74. The van der Waals surface area contributed by atoms with Crippen molar-refractivity contribution < 1.29 is 4.79 Å². The van der Waals surface area contributed by atoms with E-state index in [2.05, 4.69) is 17.6 Å². The van der Waals surface area contributed by atoms with E-state index in [4.69, 9.17) is 0 Å². The number of rotatable bonds is 2. The lowest BCUT2D eigenvalue weighted by Gasteiger charge is -2.29. The predicted octanol–water partition coefficient (Wildman–Crippen LogP) is 3.05. The second kappa shape index (κ2) is 5.55. The molecule has 1 aliphatic rings. The molecule has 3 heteroatoms. The van der Waals surface area contributed by atoms with E-state index >= 15 is 0 Å². The summed E-state index contributed by atoms with van der Waals surface area (Å²) in [5.74, 6) is 0.666. The van der Waals surface area contributed by atoms with Crippen LogP contribution in [0.1, 0.15) is 59.8 Å². The van der Waals surface area contributed by atoms with Gasteiger partial charge in [-0.25, -0.2) is 4.79 Å². The molecule has 94 valence electrons. The molecule has 0 aromatic carbocycles. The van der Waals surface area contributed by atoms with E-state index in [0.717, 1.165) is 0 Å². The van der Waals surface area contributed by atoms with Gasteiger partial charge in [0.1, 0.15) is 0 Å². The number of urea groups is 1. The van der Waals surface area contributed by atoms with E-state index in [1.165, 1.54) is 32.1 Å². The van der Waals surface area contributed by atoms with Crippen LogP contribution in [0.4, 0.5) is 4.79 Å². The fraction of sp³-hybridized carbons (Fsp3) is 0.923. The van der Waals surface area contributed by atoms with Crippen LogP contribution in [-0.2, 0) is 0 Å². The zero-order valence-corrected chi connectivity index (χ0v) is 11.1. The maximum Gasteiger partial charge on any atom is 0.315 e. The molecule has 0 spiro atoms. The van der Waals surface area contributed by atoms with Gasteiger partial charge < -0.3 is 10.6 Å². The number of nitrogens with one attached hydrogen (secondary N) is 2. The van der Waals surface area contributed by atoms with E-state index < -0.39 is 0 Å². The second-order valence-corrected chi connectivity index (χ2v) is 6.04. The summed E-state index contributed by atoms with van der Waals surface area (Å²) in [6, 6.07) is 0.258. The van der Waals surface area contributed by atoms with Gasteiger partial charge in [0.05, 0.1) is 0 Å². The molecule has 0 aromatic rings. The van der Waals surface area contributed by atoms with Crippen LogP contribution in [0, 0.1) is 5.92 Å². The zero-order valence-electron chi connectivity index (χ0n) is 11.1. The lowest BCUT2D eigenvalue weighted by atomic mass is 9.84. The van der Waals surface area contributed by atoms with Crippen molar-refractivity contribution in [3.8, 4) is 0 Å². The molecule has 1 rings (SSSR count). The van der Waals surface area contributed by atoms with Crippen LogP contribution in [0.3, 0.4) is 0 Å². The molecule has 3 nitrogen and oxygen atoms in total. The third-order valence-corrected chi connectivity index (χ3v) is 3.20. The molecule has 1 atom stereocenters. The molecule has 2 N–H and O–H groups in total. The Morgan fingerprint density at radius 1 is 1.19 bits per heavy atom. The topological polar surface area (TPSA) is 41.1 Å². The third-order valence-electron chi connectivity index (χ3n) is 3.20. The fourth-order valence-electron chi connectivity index (χ4n) is 2.34. The van der Waals surface area contributed by atoms with E-state index in [1.54, 1.807) is 0 Å². The molecule has 16 heavy (non-hydrogen) atoms. The van der Waals surface area contributed by atoms with Crippen LogP contribution < -0.4 is 10.6 Å². The summed E-state index contributed by atoms with van der Waals surface area (Å²) in [5.41, 5.74) is -0.156. The highest BCUT2D eigenvalue weighted by Crippen LogP contribution is 2.26. The standard InChI is InChI=1S/C13H26N2O/c1-10(11-8-6-5-7-9-11)14-12(16)15-13(2,3)4/h10-11H,5-9H2,1-4H3,(H2,14,15,16). The molecule has 1 unspecified atom stereocenters. The normalized spacial score (nSPS) is 20.2. The molecule has 0 saturated heterocycles. The molecular formula is C13H26N2O.